The van der Waals surface area contributed by atoms with E-state index in [-0.39, 0.29) is 18.3 Å². The number of nitrogens with zero attached hydrogens (tertiary/aromatic N) is 3. The molecule has 1 saturated carbocycles. The molecule has 54 heavy (non-hydrogen) atoms. The predicted octanol–water partition coefficient (Wildman–Crippen LogP) is -1.98. The second kappa shape index (κ2) is 18.5. The van der Waals surface area contributed by atoms with Gasteiger partial charge in [0.1, 0.15) is 24.1 Å². The quantitative estimate of drug-likeness (QED) is 0.0683. The number of amides is 1. The molecule has 4 heterocycles. The van der Waals surface area contributed by atoms with Gasteiger partial charge >= 0.3 is 0 Å². The van der Waals surface area contributed by atoms with Gasteiger partial charge < -0.3 is 65.8 Å². The molecular weight excluding hydrogens is 710 g/mol. The summed E-state index contributed by atoms with van der Waals surface area (Å²) in [5, 5.41) is 37.2. The number of carbonyl (C=O) groups is 2. The van der Waals surface area contributed by atoms with Gasteiger partial charge in [0, 0.05) is 42.6 Å². The summed E-state index contributed by atoms with van der Waals surface area (Å²) < 4.78 is 32.7. The third-order valence-electron chi connectivity index (χ3n) is 9.04. The van der Waals surface area contributed by atoms with Gasteiger partial charge in [-0.3, -0.25) is 20.0 Å². The molecule has 12 N–H and O–H groups in total. The molecule has 3 fully saturated rings. The summed E-state index contributed by atoms with van der Waals surface area (Å²) in [5.74, 6) is 4.05. The third kappa shape index (κ3) is 9.12. The van der Waals surface area contributed by atoms with E-state index in [4.69, 9.17) is 45.7 Å². The number of anilines is 2. The zero-order valence-corrected chi connectivity index (χ0v) is 30.8. The number of methoxy groups -OCH3 is 3. The summed E-state index contributed by atoms with van der Waals surface area (Å²) in [4.78, 5) is 34.6. The van der Waals surface area contributed by atoms with E-state index in [0.717, 1.165) is 11.1 Å². The lowest BCUT2D eigenvalue weighted by molar-refractivity contribution is -0.420. The van der Waals surface area contributed by atoms with Crippen molar-refractivity contribution in [3.05, 3.63) is 59.5 Å². The fourth-order valence-electron chi connectivity index (χ4n) is 6.30. The topological polar surface area (TPSA) is 303 Å². The number of rotatable bonds is 8. The minimum absolute atomic E-state index is 0.00220. The lowest BCUT2D eigenvalue weighted by Gasteiger charge is -2.55. The van der Waals surface area contributed by atoms with E-state index in [1.165, 1.54) is 12.4 Å². The van der Waals surface area contributed by atoms with Crippen molar-refractivity contribution in [1.29, 1.82) is 0 Å². The molecule has 0 unspecified atom stereocenters. The number of nitrogens with one attached hydrogen (secondary N) is 3. The highest BCUT2D eigenvalue weighted by Gasteiger charge is 2.63. The molecule has 0 spiro atoms. The molecule has 2 aliphatic heterocycles. The Morgan fingerprint density at radius 3 is 2.15 bits per heavy atom. The highest BCUT2D eigenvalue weighted by atomic mass is 16.8. The lowest BCUT2D eigenvalue weighted by Crippen LogP contribution is -2.77. The highest BCUT2D eigenvalue weighted by Crippen LogP contribution is 2.41. The summed E-state index contributed by atoms with van der Waals surface area (Å²) in [6.07, 6.45) is -0.373. The summed E-state index contributed by atoms with van der Waals surface area (Å²) in [5.41, 5.74) is 15.6. The number of carbonyl (C=O) groups excluding carboxylic acids is 2. The van der Waals surface area contributed by atoms with E-state index >= 15 is 0 Å². The number of aromatic nitrogens is 3. The molecule has 9 atom stereocenters. The van der Waals surface area contributed by atoms with Crippen LogP contribution < -0.4 is 47.6 Å². The summed E-state index contributed by atoms with van der Waals surface area (Å²) >= 11 is 0. The van der Waals surface area contributed by atoms with Gasteiger partial charge in [-0.1, -0.05) is 0 Å². The number of aliphatic hydroxyl groups excluding tert-OH is 2. The summed E-state index contributed by atoms with van der Waals surface area (Å²) in [6.45, 7) is 1.70. The Bertz CT molecular complexity index is 1700. The first-order chi connectivity index (χ1) is 25.8. The van der Waals surface area contributed by atoms with Crippen molar-refractivity contribution < 1.29 is 53.3 Å². The van der Waals surface area contributed by atoms with Crippen molar-refractivity contribution in [2.24, 2.45) is 5.84 Å². The van der Waals surface area contributed by atoms with Crippen LogP contribution >= 0.6 is 0 Å². The average molecular weight is 760 g/mol. The van der Waals surface area contributed by atoms with Crippen molar-refractivity contribution in [3.8, 4) is 17.2 Å². The summed E-state index contributed by atoms with van der Waals surface area (Å²) in [7, 11) is 7.94. The number of nitrogens with two attached hydrogens (primary N) is 3. The van der Waals surface area contributed by atoms with Crippen LogP contribution in [0.15, 0.2) is 42.9 Å². The number of hydrogen-bond donors (Lipinski definition) is 9. The number of Topliss-reactive ketones (excluding diaryl/α,β-unsaturated/α-hetero) is 1. The molecule has 1 amide bonds. The van der Waals surface area contributed by atoms with Gasteiger partial charge in [-0.25, -0.2) is 10.8 Å². The van der Waals surface area contributed by atoms with Crippen LogP contribution in [0.5, 0.6) is 17.2 Å². The zero-order valence-electron chi connectivity index (χ0n) is 30.8. The third-order valence-corrected chi connectivity index (χ3v) is 9.04. The van der Waals surface area contributed by atoms with Gasteiger partial charge in [0.15, 0.2) is 17.3 Å². The smallest absolute Gasteiger partial charge is 0.280 e. The van der Waals surface area contributed by atoms with Gasteiger partial charge in [-0.15, -0.1) is 0 Å². The van der Waals surface area contributed by atoms with Crippen LogP contribution in [0.2, 0.25) is 0 Å². The van der Waals surface area contributed by atoms with Gasteiger partial charge in [-0.2, -0.15) is 4.98 Å². The Kier molecular flexibility index (Phi) is 14.4. The molecule has 6 rings (SSSR count). The van der Waals surface area contributed by atoms with Crippen LogP contribution in [0.1, 0.15) is 34.8 Å². The fraction of sp³-hybridized carbons (Fsp3) is 0.500. The van der Waals surface area contributed by atoms with E-state index in [0.29, 0.717) is 35.1 Å². The first-order valence-corrected chi connectivity index (χ1v) is 16.8. The lowest BCUT2D eigenvalue weighted by atomic mass is 9.80. The minimum Gasteiger partial charge on any atom is -0.493 e. The molecule has 3 aromatic rings. The Morgan fingerprint density at radius 1 is 0.981 bits per heavy atom. The molecule has 1 aromatic carbocycles. The maximum atomic E-state index is 12.2. The van der Waals surface area contributed by atoms with E-state index < -0.39 is 60.5 Å². The SMILES string of the molecule is CN[C@@H]1[C@H](O)[C@H](NC)[C@H]2O[C@@]3(O)C(=O)C[C@@H](C)O[C@H]3O[C@@H]2[C@H]1O.COc1cc(Cc2cnc(N)nc2N)cc(OC)c1OC.NNC(=O)c1ccncc1. The Balaban J connectivity index is 0.000000194. The number of fused-ring (bicyclic) bond motifs is 2. The van der Waals surface area contributed by atoms with Gasteiger partial charge in [0.05, 0.1) is 45.6 Å². The molecule has 0 radical (unpaired) electrons. The molecule has 296 valence electrons. The molecule has 20 nitrogen and oxygen atoms in total. The molecule has 20 heteroatoms. The first-order valence-electron chi connectivity index (χ1n) is 16.8. The molecule has 1 aliphatic carbocycles. The van der Waals surface area contributed by atoms with Crippen molar-refractivity contribution in [2.75, 3.05) is 46.9 Å². The molecular formula is C34H49N9O11. The number of benzene rings is 1. The predicted molar refractivity (Wildman–Crippen MR) is 192 cm³/mol. The average Bonchev–Trinajstić information content (AvgIpc) is 3.16. The van der Waals surface area contributed by atoms with Gasteiger partial charge in [-0.05, 0) is 50.8 Å². The number of hydrogen-bond acceptors (Lipinski definition) is 19. The van der Waals surface area contributed by atoms with Crippen LogP contribution in [-0.2, 0) is 25.4 Å². The minimum atomic E-state index is -2.23. The van der Waals surface area contributed by atoms with E-state index in [1.807, 2.05) is 17.6 Å². The Labute approximate surface area is 311 Å². The Hall–Kier alpha value is -4.77. The van der Waals surface area contributed by atoms with E-state index in [2.05, 4.69) is 25.6 Å². The maximum Gasteiger partial charge on any atom is 0.280 e. The second-order valence-corrected chi connectivity index (χ2v) is 12.5. The summed E-state index contributed by atoms with van der Waals surface area (Å²) in [6, 6.07) is 5.59. The standard InChI is InChI=1S/C14H18N4O3.C14H24N2O7.C6H7N3O/c1-19-10-5-8(6-11(20-2)12(10)21-3)4-9-7-17-14(16)18-13(9)15;1-5-4-6(17)14(20)13(21-5)22-12-10(19)7(15-2)9(18)8(16-3)11(12)23-14;7-9-6(10)5-1-3-8-4-2-5/h5-7H,4H2,1-3H3,(H4,15,16,17,18);5,7-13,15-16,18-20H,4H2,1-3H3;1-4H,7H2,(H,9,10)/t;5-,7-,8+,9+,10+,11-,12-,13+,14+;/m.1./s1. The van der Waals surface area contributed by atoms with Crippen LogP contribution in [0.25, 0.3) is 0 Å². The number of hydrazine groups is 1. The fourth-order valence-corrected chi connectivity index (χ4v) is 6.30. The monoisotopic (exact) mass is 759 g/mol. The number of ketones is 1. The van der Waals surface area contributed by atoms with E-state index in [1.54, 1.807) is 60.7 Å². The maximum absolute atomic E-state index is 12.2. The van der Waals surface area contributed by atoms with Crippen LogP contribution in [-0.4, -0.2) is 132 Å². The molecule has 2 aromatic heterocycles. The van der Waals surface area contributed by atoms with E-state index in [9.17, 15) is 24.9 Å². The largest absolute Gasteiger partial charge is 0.493 e. The highest BCUT2D eigenvalue weighted by molar-refractivity contribution is 5.93. The van der Waals surface area contributed by atoms with Gasteiger partial charge in [0.2, 0.25) is 18.0 Å². The first kappa shape index (κ1) is 42.0. The van der Waals surface area contributed by atoms with Crippen molar-refractivity contribution in [1.82, 2.24) is 31.0 Å². The van der Waals surface area contributed by atoms with Crippen LogP contribution in [0.4, 0.5) is 11.8 Å². The zero-order chi connectivity index (χ0) is 39.7. The number of likely N-dealkylation sites (N-methyl/N-ethyl adjacent to an activating group) is 2. The van der Waals surface area contributed by atoms with Crippen molar-refractivity contribution >= 4 is 23.5 Å². The van der Waals surface area contributed by atoms with Crippen LogP contribution in [0.3, 0.4) is 0 Å². The number of pyridine rings is 1. The number of aliphatic hydroxyl groups is 3. The molecule has 2 saturated heterocycles. The molecule has 0 bridgehead atoms. The number of nitrogen functional groups attached to an aromatic ring is 3. The van der Waals surface area contributed by atoms with Gasteiger partial charge in [0.25, 0.3) is 11.7 Å². The van der Waals surface area contributed by atoms with Crippen molar-refractivity contribution in [2.45, 2.75) is 74.4 Å². The second-order valence-electron chi connectivity index (χ2n) is 12.5. The molecule has 3 aliphatic rings. The van der Waals surface area contributed by atoms with Crippen LogP contribution in [0, 0.1) is 0 Å². The number of ether oxygens (including phenoxy) is 6. The normalized spacial score (nSPS) is 28.4. The Morgan fingerprint density at radius 2 is 1.61 bits per heavy atom. The van der Waals surface area contributed by atoms with Crippen molar-refractivity contribution in [3.63, 3.8) is 0 Å².